The van der Waals surface area contributed by atoms with Crippen LogP contribution < -0.4 is 0 Å². The van der Waals surface area contributed by atoms with Gasteiger partial charge >= 0.3 is 17.4 Å². The van der Waals surface area contributed by atoms with Gasteiger partial charge in [0.25, 0.3) is 0 Å². The number of rotatable bonds is 15. The lowest BCUT2D eigenvalue weighted by molar-refractivity contribution is 0.163. The van der Waals surface area contributed by atoms with Gasteiger partial charge in [0.1, 0.15) is 0 Å². The topological polar surface area (TPSA) is 36.9 Å². The van der Waals surface area contributed by atoms with Crippen LogP contribution in [0.5, 0.6) is 0 Å². The summed E-state index contributed by atoms with van der Waals surface area (Å²) in [7, 11) is -6.15. The van der Waals surface area contributed by atoms with Crippen LogP contribution in [0, 0.1) is 0 Å². The molecular formula is C16H40O4Si4. The quantitative estimate of drug-likeness (QED) is 0.262. The lowest BCUT2D eigenvalue weighted by Crippen LogP contribution is -2.57. The predicted molar refractivity (Wildman–Crippen MR) is 111 cm³/mol. The van der Waals surface area contributed by atoms with E-state index in [9.17, 15) is 0 Å². The molecule has 24 heavy (non-hydrogen) atoms. The van der Waals surface area contributed by atoms with Crippen LogP contribution in [0.4, 0.5) is 0 Å². The van der Waals surface area contributed by atoms with Crippen molar-refractivity contribution in [3.05, 3.63) is 0 Å². The highest BCUT2D eigenvalue weighted by molar-refractivity contribution is 6.85. The Morgan fingerprint density at radius 2 is 1.38 bits per heavy atom. The largest absolute Gasteiger partial charge is 0.478 e. The van der Waals surface area contributed by atoms with E-state index in [0.717, 1.165) is 6.04 Å². The van der Waals surface area contributed by atoms with Crippen LogP contribution in [-0.2, 0) is 16.8 Å². The standard InChI is InChI=1S/C16H40O4Si4/c1-9-11-12-13-14-15-16-23(7,18-21-3)20-24(8,17-10-2)19-22(4,5)6/h9-16H2,1-8H3. The molecule has 8 heteroatoms. The SMILES string of the molecule is CCCCCCCC[Si](C)(O[Si]C)O[Si](C)(OCC)O[Si](C)(C)C. The van der Waals surface area contributed by atoms with Crippen molar-refractivity contribution in [2.45, 2.75) is 97.7 Å². The van der Waals surface area contributed by atoms with Gasteiger partial charge in [-0.05, 0) is 45.7 Å². The predicted octanol–water partition coefficient (Wildman–Crippen LogP) is 5.58. The zero-order valence-corrected chi connectivity index (χ0v) is 21.3. The molecular weight excluding hydrogens is 369 g/mol. The molecule has 0 N–H and O–H groups in total. The van der Waals surface area contributed by atoms with E-state index in [1.807, 2.05) is 13.5 Å². The van der Waals surface area contributed by atoms with E-state index < -0.39 is 25.7 Å². The molecule has 0 saturated heterocycles. The minimum Gasteiger partial charge on any atom is -0.436 e. The second-order valence-corrected chi connectivity index (χ2v) is 19.4. The molecule has 0 saturated carbocycles. The van der Waals surface area contributed by atoms with E-state index in [4.69, 9.17) is 16.8 Å². The molecule has 144 valence electrons. The molecule has 0 heterocycles. The second kappa shape index (κ2) is 12.2. The summed E-state index contributed by atoms with van der Waals surface area (Å²) in [5.41, 5.74) is 0. The lowest BCUT2D eigenvalue weighted by atomic mass is 10.1. The lowest BCUT2D eigenvalue weighted by Gasteiger charge is -2.39. The van der Waals surface area contributed by atoms with Gasteiger partial charge in [-0.15, -0.1) is 0 Å². The third-order valence-corrected chi connectivity index (χ3v) is 15.4. The summed E-state index contributed by atoms with van der Waals surface area (Å²) < 4.78 is 25.1. The van der Waals surface area contributed by atoms with Crippen molar-refractivity contribution < 1.29 is 16.8 Å². The molecule has 0 aliphatic carbocycles. The summed E-state index contributed by atoms with van der Waals surface area (Å²) in [5.74, 6) is 0. The van der Waals surface area contributed by atoms with Gasteiger partial charge in [-0.3, -0.25) is 0 Å². The molecule has 0 aliphatic heterocycles. The summed E-state index contributed by atoms with van der Waals surface area (Å²) in [6, 6.07) is 1.03. The zero-order chi connectivity index (χ0) is 18.7. The fourth-order valence-electron chi connectivity index (χ4n) is 2.86. The van der Waals surface area contributed by atoms with Crippen molar-refractivity contribution in [1.29, 1.82) is 0 Å². The van der Waals surface area contributed by atoms with Crippen LogP contribution in [0.1, 0.15) is 52.4 Å². The Labute approximate surface area is 156 Å². The fraction of sp³-hybridized carbons (Fsp3) is 1.00. The Morgan fingerprint density at radius 1 is 0.792 bits per heavy atom. The van der Waals surface area contributed by atoms with Gasteiger partial charge < -0.3 is 16.8 Å². The molecule has 2 atom stereocenters. The molecule has 0 aromatic heterocycles. The Kier molecular flexibility index (Phi) is 12.5. The zero-order valence-electron chi connectivity index (χ0n) is 17.3. The van der Waals surface area contributed by atoms with Crippen molar-refractivity contribution >= 4 is 35.4 Å². The first-order valence-corrected chi connectivity index (χ1v) is 19.1. The molecule has 0 fully saturated rings. The Morgan fingerprint density at radius 3 is 1.88 bits per heavy atom. The number of unbranched alkanes of at least 4 members (excludes halogenated alkanes) is 5. The van der Waals surface area contributed by atoms with Crippen molar-refractivity contribution in [3.8, 4) is 0 Å². The second-order valence-electron chi connectivity index (χ2n) is 7.57. The van der Waals surface area contributed by atoms with Gasteiger partial charge in [0.2, 0.25) is 9.76 Å². The van der Waals surface area contributed by atoms with Crippen LogP contribution in [-0.4, -0.2) is 42.1 Å². The minimum absolute atomic E-state index is 0.457. The van der Waals surface area contributed by atoms with Gasteiger partial charge in [0.15, 0.2) is 8.32 Å². The Balaban J connectivity index is 4.72. The summed E-state index contributed by atoms with van der Waals surface area (Å²) in [4.78, 5) is 0. The van der Waals surface area contributed by atoms with E-state index in [-0.39, 0.29) is 0 Å². The molecule has 0 spiro atoms. The molecule has 0 aromatic rings. The first-order valence-electron chi connectivity index (χ1n) is 9.49. The summed E-state index contributed by atoms with van der Waals surface area (Å²) >= 11 is 0. The summed E-state index contributed by atoms with van der Waals surface area (Å²) in [6.07, 6.45) is 7.75. The van der Waals surface area contributed by atoms with Gasteiger partial charge in [0.05, 0.1) is 0 Å². The molecule has 2 unspecified atom stereocenters. The number of hydrogen-bond donors (Lipinski definition) is 0. The Bertz CT molecular complexity index is 328. The van der Waals surface area contributed by atoms with Crippen molar-refractivity contribution in [1.82, 2.24) is 0 Å². The maximum atomic E-state index is 6.56. The summed E-state index contributed by atoms with van der Waals surface area (Å²) in [5, 5.41) is 0. The smallest absolute Gasteiger partial charge is 0.436 e. The highest BCUT2D eigenvalue weighted by Crippen LogP contribution is 2.26. The highest BCUT2D eigenvalue weighted by Gasteiger charge is 2.46. The van der Waals surface area contributed by atoms with Crippen molar-refractivity contribution in [3.63, 3.8) is 0 Å². The number of hydrogen-bond acceptors (Lipinski definition) is 4. The van der Waals surface area contributed by atoms with Gasteiger partial charge in [-0.1, -0.05) is 45.4 Å². The van der Waals surface area contributed by atoms with E-state index in [1.54, 1.807) is 0 Å². The fourth-order valence-corrected chi connectivity index (χ4v) is 16.0. The highest BCUT2D eigenvalue weighted by atomic mass is 28.5. The monoisotopic (exact) mass is 408 g/mol. The molecule has 2 radical (unpaired) electrons. The first-order chi connectivity index (χ1) is 11.1. The molecule has 0 aromatic carbocycles. The van der Waals surface area contributed by atoms with Crippen LogP contribution >= 0.6 is 0 Å². The van der Waals surface area contributed by atoms with Gasteiger partial charge in [-0.2, -0.15) is 0 Å². The molecule has 0 rings (SSSR count). The van der Waals surface area contributed by atoms with E-state index in [1.165, 1.54) is 38.5 Å². The molecule has 0 amide bonds. The first kappa shape index (κ1) is 24.7. The van der Waals surface area contributed by atoms with Gasteiger partial charge in [0, 0.05) is 13.2 Å². The molecule has 4 nitrogen and oxygen atoms in total. The molecule has 0 aliphatic rings. The van der Waals surface area contributed by atoms with E-state index in [0.29, 0.717) is 16.4 Å². The third-order valence-electron chi connectivity index (χ3n) is 3.60. The van der Waals surface area contributed by atoms with E-state index in [2.05, 4.69) is 39.7 Å². The maximum absolute atomic E-state index is 6.56. The van der Waals surface area contributed by atoms with Crippen molar-refractivity contribution in [2.24, 2.45) is 0 Å². The average molecular weight is 409 g/mol. The van der Waals surface area contributed by atoms with Crippen LogP contribution in [0.2, 0.25) is 45.3 Å². The summed E-state index contributed by atoms with van der Waals surface area (Å²) in [6.45, 7) is 17.8. The van der Waals surface area contributed by atoms with Crippen molar-refractivity contribution in [2.75, 3.05) is 6.61 Å². The van der Waals surface area contributed by atoms with Crippen LogP contribution in [0.3, 0.4) is 0 Å². The average Bonchev–Trinajstić information content (AvgIpc) is 2.40. The Hall–Kier alpha value is 0.708. The third kappa shape index (κ3) is 12.1. The van der Waals surface area contributed by atoms with Crippen LogP contribution in [0.25, 0.3) is 0 Å². The van der Waals surface area contributed by atoms with E-state index >= 15 is 0 Å². The minimum atomic E-state index is -2.64. The van der Waals surface area contributed by atoms with Crippen LogP contribution in [0.15, 0.2) is 0 Å². The van der Waals surface area contributed by atoms with Gasteiger partial charge in [-0.25, -0.2) is 0 Å². The maximum Gasteiger partial charge on any atom is 0.478 e. The molecule has 0 bridgehead atoms. The normalized spacial score (nSPS) is 17.5.